The Bertz CT molecular complexity index is 312. The molecular weight excluding hydrogens is 186 g/mol. The fourth-order valence-electron chi connectivity index (χ4n) is 1.14. The van der Waals surface area contributed by atoms with Crippen molar-refractivity contribution in [3.8, 4) is 5.75 Å². The molecule has 0 aliphatic heterocycles. The monoisotopic (exact) mass is 205 g/mol. The maximum atomic E-state index is 5.55. The van der Waals surface area contributed by atoms with Crippen molar-refractivity contribution in [3.05, 3.63) is 29.8 Å². The molecule has 0 heterocycles. The molecule has 1 aromatic carbocycles. The average Bonchev–Trinajstić information content (AvgIpc) is 2.16. The molecule has 2 heteroatoms. The molecule has 0 saturated heterocycles. The van der Waals surface area contributed by atoms with Crippen molar-refractivity contribution in [2.45, 2.75) is 39.8 Å². The molecule has 0 fully saturated rings. The van der Waals surface area contributed by atoms with Crippen LogP contribution in [0.4, 0.5) is 0 Å². The quantitative estimate of drug-likeness (QED) is 0.691. The summed E-state index contributed by atoms with van der Waals surface area (Å²) in [5, 5.41) is 0. The molecule has 0 aliphatic rings. The summed E-state index contributed by atoms with van der Waals surface area (Å²) in [4.78, 5) is 4.32. The third-order valence-corrected chi connectivity index (χ3v) is 1.77. The zero-order chi connectivity index (χ0) is 11.3. The molecule has 0 spiro atoms. The van der Waals surface area contributed by atoms with E-state index in [-0.39, 0.29) is 6.10 Å². The summed E-state index contributed by atoms with van der Waals surface area (Å²) in [6.07, 6.45) is 2.12. The summed E-state index contributed by atoms with van der Waals surface area (Å²) >= 11 is 0. The molecule has 0 saturated carbocycles. The lowest BCUT2D eigenvalue weighted by Gasteiger charge is -2.09. The predicted octanol–water partition coefficient (Wildman–Crippen LogP) is 3.30. The molecule has 82 valence electrons. The van der Waals surface area contributed by atoms with E-state index >= 15 is 0 Å². The minimum atomic E-state index is 0.222. The molecule has 0 unspecified atom stereocenters. The van der Waals surface area contributed by atoms with Gasteiger partial charge in [-0.2, -0.15) is 0 Å². The maximum Gasteiger partial charge on any atom is 0.119 e. The molecule has 0 aromatic heterocycles. The van der Waals surface area contributed by atoms with Crippen molar-refractivity contribution in [2.75, 3.05) is 0 Å². The molecule has 0 bridgehead atoms. The number of aliphatic imine (C=N–C) groups is 1. The van der Waals surface area contributed by atoms with Crippen LogP contribution in [-0.4, -0.2) is 18.4 Å². The van der Waals surface area contributed by atoms with Gasteiger partial charge in [-0.25, -0.2) is 0 Å². The fraction of sp³-hybridized carbons (Fsp3) is 0.462. The van der Waals surface area contributed by atoms with Crippen LogP contribution >= 0.6 is 0 Å². The van der Waals surface area contributed by atoms with E-state index in [1.165, 1.54) is 0 Å². The first kappa shape index (κ1) is 11.8. The number of benzene rings is 1. The summed E-state index contributed by atoms with van der Waals surface area (Å²) in [5.41, 5.74) is 1.11. The van der Waals surface area contributed by atoms with Crippen LogP contribution in [0, 0.1) is 0 Å². The molecule has 1 aromatic rings. The third-order valence-electron chi connectivity index (χ3n) is 1.77. The van der Waals surface area contributed by atoms with Crippen LogP contribution in [0.1, 0.15) is 33.3 Å². The second-order valence-electron chi connectivity index (χ2n) is 4.11. The standard InChI is InChI=1S/C13H19NO/c1-10(2)14-9-12-5-7-13(8-6-12)15-11(3)4/h5-11H,1-4H3. The van der Waals surface area contributed by atoms with E-state index < -0.39 is 0 Å². The van der Waals surface area contributed by atoms with Crippen molar-refractivity contribution in [2.24, 2.45) is 4.99 Å². The highest BCUT2D eigenvalue weighted by atomic mass is 16.5. The number of hydrogen-bond acceptors (Lipinski definition) is 2. The number of ether oxygens (including phenoxy) is 1. The topological polar surface area (TPSA) is 21.6 Å². The van der Waals surface area contributed by atoms with Crippen LogP contribution in [0.25, 0.3) is 0 Å². The maximum absolute atomic E-state index is 5.55. The first-order chi connectivity index (χ1) is 7.08. The van der Waals surface area contributed by atoms with E-state index in [0.717, 1.165) is 11.3 Å². The number of rotatable bonds is 4. The van der Waals surface area contributed by atoms with Gasteiger partial charge in [0.2, 0.25) is 0 Å². The lowest BCUT2D eigenvalue weighted by atomic mass is 10.2. The minimum Gasteiger partial charge on any atom is -0.491 e. The van der Waals surface area contributed by atoms with Crippen LogP contribution in [0.2, 0.25) is 0 Å². The van der Waals surface area contributed by atoms with Crippen molar-refractivity contribution >= 4 is 6.21 Å². The molecule has 0 N–H and O–H groups in total. The van der Waals surface area contributed by atoms with Gasteiger partial charge in [0.25, 0.3) is 0 Å². The summed E-state index contributed by atoms with van der Waals surface area (Å²) in [7, 11) is 0. The van der Waals surface area contributed by atoms with Gasteiger partial charge in [-0.1, -0.05) is 0 Å². The van der Waals surface area contributed by atoms with Crippen LogP contribution in [0.5, 0.6) is 5.75 Å². The van der Waals surface area contributed by atoms with Crippen molar-refractivity contribution in [3.63, 3.8) is 0 Å². The Kier molecular flexibility index (Phi) is 4.35. The average molecular weight is 205 g/mol. The Labute approximate surface area is 92.0 Å². The third kappa shape index (κ3) is 4.63. The van der Waals surface area contributed by atoms with E-state index in [1.54, 1.807) is 0 Å². The highest BCUT2D eigenvalue weighted by Gasteiger charge is 1.96. The van der Waals surface area contributed by atoms with Crippen molar-refractivity contribution in [1.82, 2.24) is 0 Å². The van der Waals surface area contributed by atoms with E-state index in [0.29, 0.717) is 6.04 Å². The Morgan fingerprint density at radius 3 is 2.13 bits per heavy atom. The Morgan fingerprint density at radius 2 is 1.67 bits per heavy atom. The summed E-state index contributed by atoms with van der Waals surface area (Å²) in [6, 6.07) is 8.33. The van der Waals surface area contributed by atoms with Gasteiger partial charge in [0, 0.05) is 12.3 Å². The van der Waals surface area contributed by atoms with Crippen LogP contribution < -0.4 is 4.74 Å². The fourth-order valence-corrected chi connectivity index (χ4v) is 1.14. The first-order valence-electron chi connectivity index (χ1n) is 5.38. The van der Waals surface area contributed by atoms with E-state index in [1.807, 2.05) is 44.3 Å². The second-order valence-corrected chi connectivity index (χ2v) is 4.11. The summed E-state index contributed by atoms with van der Waals surface area (Å²) in [6.45, 7) is 8.17. The molecule has 0 aliphatic carbocycles. The molecule has 0 atom stereocenters. The number of nitrogens with zero attached hydrogens (tertiary/aromatic N) is 1. The molecule has 0 amide bonds. The highest BCUT2D eigenvalue weighted by Crippen LogP contribution is 2.12. The van der Waals surface area contributed by atoms with Gasteiger partial charge in [-0.05, 0) is 57.5 Å². The highest BCUT2D eigenvalue weighted by molar-refractivity contribution is 5.79. The van der Waals surface area contributed by atoms with Crippen molar-refractivity contribution in [1.29, 1.82) is 0 Å². The minimum absolute atomic E-state index is 0.222. The van der Waals surface area contributed by atoms with E-state index in [9.17, 15) is 0 Å². The van der Waals surface area contributed by atoms with Crippen LogP contribution in [0.3, 0.4) is 0 Å². The van der Waals surface area contributed by atoms with Gasteiger partial charge in [0.1, 0.15) is 5.75 Å². The Hall–Kier alpha value is -1.31. The predicted molar refractivity (Wildman–Crippen MR) is 64.9 cm³/mol. The zero-order valence-corrected chi connectivity index (χ0v) is 9.90. The Balaban J connectivity index is 2.64. The molecule has 0 radical (unpaired) electrons. The molecule has 15 heavy (non-hydrogen) atoms. The SMILES string of the molecule is CC(C)N=Cc1ccc(OC(C)C)cc1. The second kappa shape index (κ2) is 5.54. The summed E-state index contributed by atoms with van der Waals surface area (Å²) < 4.78 is 5.55. The number of hydrogen-bond donors (Lipinski definition) is 0. The van der Waals surface area contributed by atoms with Gasteiger partial charge in [-0.15, -0.1) is 0 Å². The molecule has 2 nitrogen and oxygen atoms in total. The van der Waals surface area contributed by atoms with E-state index in [4.69, 9.17) is 4.74 Å². The van der Waals surface area contributed by atoms with Gasteiger partial charge in [0.15, 0.2) is 0 Å². The first-order valence-corrected chi connectivity index (χ1v) is 5.38. The van der Waals surface area contributed by atoms with Gasteiger partial charge in [0.05, 0.1) is 6.10 Å². The largest absolute Gasteiger partial charge is 0.491 e. The lowest BCUT2D eigenvalue weighted by Crippen LogP contribution is -2.05. The van der Waals surface area contributed by atoms with Crippen LogP contribution in [0.15, 0.2) is 29.3 Å². The molecular formula is C13H19NO. The lowest BCUT2D eigenvalue weighted by molar-refractivity contribution is 0.242. The van der Waals surface area contributed by atoms with Crippen molar-refractivity contribution < 1.29 is 4.74 Å². The molecule has 1 rings (SSSR count). The van der Waals surface area contributed by atoms with Gasteiger partial charge in [-0.3, -0.25) is 4.99 Å². The normalized spacial score (nSPS) is 11.6. The Morgan fingerprint density at radius 1 is 1.07 bits per heavy atom. The zero-order valence-electron chi connectivity index (χ0n) is 9.90. The van der Waals surface area contributed by atoms with Gasteiger partial charge >= 0.3 is 0 Å². The van der Waals surface area contributed by atoms with E-state index in [2.05, 4.69) is 18.8 Å². The summed E-state index contributed by atoms with van der Waals surface area (Å²) in [5.74, 6) is 0.909. The van der Waals surface area contributed by atoms with Gasteiger partial charge < -0.3 is 4.74 Å². The van der Waals surface area contributed by atoms with Crippen LogP contribution in [-0.2, 0) is 0 Å². The smallest absolute Gasteiger partial charge is 0.119 e.